The number of hydrogen-bond donors (Lipinski definition) is 2. The Hall–Kier alpha value is -1.84. The molecule has 0 spiro atoms. The van der Waals surface area contributed by atoms with Gasteiger partial charge in [-0.1, -0.05) is 17.7 Å². The van der Waals surface area contributed by atoms with Crippen molar-refractivity contribution >= 4 is 11.9 Å². The second kappa shape index (κ2) is 3.91. The number of benzene rings is 1. The number of primary amides is 1. The summed E-state index contributed by atoms with van der Waals surface area (Å²) in [5.41, 5.74) is 7.10. The largest absolute Gasteiger partial charge is 0.351 e. The molecule has 1 aromatic rings. The molecule has 0 saturated carbocycles. The molecule has 4 nitrogen and oxygen atoms in total. The van der Waals surface area contributed by atoms with Crippen molar-refractivity contribution in [2.75, 3.05) is 0 Å². The molecule has 0 aromatic heterocycles. The number of imide groups is 1. The maximum absolute atomic E-state index is 11.4. The maximum Gasteiger partial charge on any atom is 0.319 e. The molecule has 3 amide bonds. The van der Waals surface area contributed by atoms with Crippen molar-refractivity contribution in [2.24, 2.45) is 5.73 Å². The van der Waals surface area contributed by atoms with Crippen molar-refractivity contribution in [3.63, 3.8) is 0 Å². The first-order chi connectivity index (χ1) is 6.50. The molecule has 0 atom stereocenters. The van der Waals surface area contributed by atoms with Crippen LogP contribution in [0.1, 0.15) is 21.5 Å². The zero-order chi connectivity index (χ0) is 10.7. The molecule has 0 aliphatic rings. The van der Waals surface area contributed by atoms with E-state index in [1.54, 1.807) is 13.0 Å². The molecular formula is C10H12N2O2. The third-order valence-corrected chi connectivity index (χ3v) is 1.87. The first kappa shape index (κ1) is 10.2. The van der Waals surface area contributed by atoms with Crippen molar-refractivity contribution < 1.29 is 9.59 Å². The maximum atomic E-state index is 11.4. The van der Waals surface area contributed by atoms with E-state index in [9.17, 15) is 9.59 Å². The Bertz CT molecular complexity index is 386. The summed E-state index contributed by atoms with van der Waals surface area (Å²) < 4.78 is 0. The highest BCUT2D eigenvalue weighted by molar-refractivity contribution is 6.04. The molecule has 4 heteroatoms. The van der Waals surface area contributed by atoms with Crippen LogP contribution in [0.2, 0.25) is 0 Å². The SMILES string of the molecule is Cc1ccc(C)c(C(=O)NC(N)=O)c1. The molecule has 0 aliphatic heterocycles. The Morgan fingerprint density at radius 2 is 1.93 bits per heavy atom. The molecule has 0 unspecified atom stereocenters. The van der Waals surface area contributed by atoms with E-state index in [1.807, 2.05) is 24.4 Å². The Labute approximate surface area is 82.1 Å². The first-order valence-corrected chi connectivity index (χ1v) is 4.18. The minimum atomic E-state index is -0.837. The van der Waals surface area contributed by atoms with Crippen LogP contribution in [-0.4, -0.2) is 11.9 Å². The number of aryl methyl sites for hydroxylation is 2. The van der Waals surface area contributed by atoms with Gasteiger partial charge in [0.15, 0.2) is 0 Å². The molecule has 0 bridgehead atoms. The number of hydrogen-bond acceptors (Lipinski definition) is 2. The highest BCUT2D eigenvalue weighted by atomic mass is 16.2. The fourth-order valence-electron chi connectivity index (χ4n) is 1.16. The highest BCUT2D eigenvalue weighted by Crippen LogP contribution is 2.10. The summed E-state index contributed by atoms with van der Waals surface area (Å²) in [6.45, 7) is 3.68. The van der Waals surface area contributed by atoms with Gasteiger partial charge in [-0.25, -0.2) is 4.79 Å². The van der Waals surface area contributed by atoms with Crippen LogP contribution in [0.3, 0.4) is 0 Å². The van der Waals surface area contributed by atoms with Crippen LogP contribution in [0.4, 0.5) is 4.79 Å². The predicted molar refractivity (Wildman–Crippen MR) is 53.0 cm³/mol. The predicted octanol–water partition coefficient (Wildman–Crippen LogP) is 1.11. The topological polar surface area (TPSA) is 72.2 Å². The van der Waals surface area contributed by atoms with E-state index in [0.29, 0.717) is 5.56 Å². The average Bonchev–Trinajstić information content (AvgIpc) is 2.08. The van der Waals surface area contributed by atoms with Crippen LogP contribution in [-0.2, 0) is 0 Å². The second-order valence-corrected chi connectivity index (χ2v) is 3.14. The van der Waals surface area contributed by atoms with Gasteiger partial charge in [0, 0.05) is 5.56 Å². The molecule has 1 aromatic carbocycles. The molecule has 0 radical (unpaired) electrons. The van der Waals surface area contributed by atoms with Crippen molar-refractivity contribution in [3.05, 3.63) is 34.9 Å². The number of carbonyl (C=O) groups is 2. The van der Waals surface area contributed by atoms with E-state index in [4.69, 9.17) is 5.73 Å². The van der Waals surface area contributed by atoms with E-state index in [-0.39, 0.29) is 0 Å². The summed E-state index contributed by atoms with van der Waals surface area (Å²) in [7, 11) is 0. The molecule has 1 rings (SSSR count). The van der Waals surface area contributed by atoms with E-state index in [0.717, 1.165) is 11.1 Å². The summed E-state index contributed by atoms with van der Waals surface area (Å²) in [6, 6.07) is 4.60. The lowest BCUT2D eigenvalue weighted by molar-refractivity contribution is 0.0965. The van der Waals surface area contributed by atoms with Gasteiger partial charge >= 0.3 is 6.03 Å². The molecule has 0 fully saturated rings. The Morgan fingerprint density at radius 1 is 1.29 bits per heavy atom. The molecule has 0 aliphatic carbocycles. The summed E-state index contributed by atoms with van der Waals surface area (Å²) in [4.78, 5) is 21.9. The van der Waals surface area contributed by atoms with Gasteiger partial charge in [0.1, 0.15) is 0 Å². The Morgan fingerprint density at radius 3 is 2.50 bits per heavy atom. The molecule has 3 N–H and O–H groups in total. The Balaban J connectivity index is 3.00. The minimum Gasteiger partial charge on any atom is -0.351 e. The fourth-order valence-corrected chi connectivity index (χ4v) is 1.16. The first-order valence-electron chi connectivity index (χ1n) is 4.18. The molecule has 74 valence electrons. The monoisotopic (exact) mass is 192 g/mol. The van der Waals surface area contributed by atoms with Gasteiger partial charge in [-0.05, 0) is 25.5 Å². The molecule has 0 heterocycles. The minimum absolute atomic E-state index is 0.460. The van der Waals surface area contributed by atoms with Crippen LogP contribution in [0.5, 0.6) is 0 Å². The van der Waals surface area contributed by atoms with Crippen LogP contribution in [0, 0.1) is 13.8 Å². The van der Waals surface area contributed by atoms with Gasteiger partial charge in [-0.15, -0.1) is 0 Å². The molecule has 0 saturated heterocycles. The van der Waals surface area contributed by atoms with Crippen molar-refractivity contribution in [1.29, 1.82) is 0 Å². The van der Waals surface area contributed by atoms with Crippen LogP contribution >= 0.6 is 0 Å². The molecule has 14 heavy (non-hydrogen) atoms. The second-order valence-electron chi connectivity index (χ2n) is 3.14. The quantitative estimate of drug-likeness (QED) is 0.699. The van der Waals surface area contributed by atoms with E-state index >= 15 is 0 Å². The van der Waals surface area contributed by atoms with Crippen LogP contribution < -0.4 is 11.1 Å². The number of urea groups is 1. The zero-order valence-electron chi connectivity index (χ0n) is 8.13. The van der Waals surface area contributed by atoms with E-state index in [2.05, 4.69) is 0 Å². The van der Waals surface area contributed by atoms with Gasteiger partial charge in [-0.3, -0.25) is 10.1 Å². The lowest BCUT2D eigenvalue weighted by Gasteiger charge is -2.05. The lowest BCUT2D eigenvalue weighted by atomic mass is 10.1. The molecular weight excluding hydrogens is 180 g/mol. The number of rotatable bonds is 1. The smallest absolute Gasteiger partial charge is 0.319 e. The highest BCUT2D eigenvalue weighted by Gasteiger charge is 2.10. The number of nitrogens with one attached hydrogen (secondary N) is 1. The van der Waals surface area contributed by atoms with Crippen LogP contribution in [0.25, 0.3) is 0 Å². The number of nitrogens with two attached hydrogens (primary N) is 1. The van der Waals surface area contributed by atoms with E-state index < -0.39 is 11.9 Å². The summed E-state index contributed by atoms with van der Waals surface area (Å²) in [5.74, 6) is -0.460. The van der Waals surface area contributed by atoms with Crippen molar-refractivity contribution in [2.45, 2.75) is 13.8 Å². The average molecular weight is 192 g/mol. The third kappa shape index (κ3) is 2.32. The summed E-state index contributed by atoms with van der Waals surface area (Å²) in [6.07, 6.45) is 0. The number of amides is 3. The van der Waals surface area contributed by atoms with Gasteiger partial charge < -0.3 is 5.73 Å². The van der Waals surface area contributed by atoms with E-state index in [1.165, 1.54) is 0 Å². The lowest BCUT2D eigenvalue weighted by Crippen LogP contribution is -2.35. The van der Waals surface area contributed by atoms with Gasteiger partial charge in [0.25, 0.3) is 5.91 Å². The van der Waals surface area contributed by atoms with Gasteiger partial charge in [0.05, 0.1) is 0 Å². The summed E-state index contributed by atoms with van der Waals surface area (Å²) in [5, 5.41) is 2.03. The summed E-state index contributed by atoms with van der Waals surface area (Å²) >= 11 is 0. The Kier molecular flexibility index (Phi) is 2.86. The van der Waals surface area contributed by atoms with Crippen LogP contribution in [0.15, 0.2) is 18.2 Å². The van der Waals surface area contributed by atoms with Gasteiger partial charge in [0.2, 0.25) is 0 Å². The fraction of sp³-hybridized carbons (Fsp3) is 0.200. The van der Waals surface area contributed by atoms with Gasteiger partial charge in [-0.2, -0.15) is 0 Å². The zero-order valence-corrected chi connectivity index (χ0v) is 8.13. The van der Waals surface area contributed by atoms with Crippen molar-refractivity contribution in [3.8, 4) is 0 Å². The van der Waals surface area contributed by atoms with Crippen molar-refractivity contribution in [1.82, 2.24) is 5.32 Å². The normalized spacial score (nSPS) is 9.57. The number of carbonyl (C=O) groups excluding carboxylic acids is 2. The third-order valence-electron chi connectivity index (χ3n) is 1.87. The standard InChI is InChI=1S/C10H12N2O2/c1-6-3-4-7(2)8(5-6)9(13)12-10(11)14/h3-5H,1-2H3,(H3,11,12,13,14).